The molecule has 1 fully saturated rings. The number of aryl methyl sites for hydroxylation is 1. The second kappa shape index (κ2) is 5.31. The van der Waals surface area contributed by atoms with Crippen molar-refractivity contribution in [1.82, 2.24) is 4.98 Å². The molecule has 0 atom stereocenters. The van der Waals surface area contributed by atoms with Crippen molar-refractivity contribution in [2.45, 2.75) is 29.6 Å². The van der Waals surface area contributed by atoms with E-state index < -0.39 is 15.7 Å². The Morgan fingerprint density at radius 1 is 1.53 bits per heavy atom. The fraction of sp³-hybridized carbons (Fsp3) is 0.700. The highest BCUT2D eigenvalue weighted by atomic mass is 32.2. The van der Waals surface area contributed by atoms with E-state index >= 15 is 0 Å². The molecule has 1 aliphatic heterocycles. The molecule has 0 saturated carbocycles. The van der Waals surface area contributed by atoms with Crippen LogP contribution in [0.25, 0.3) is 0 Å². The number of thiazole rings is 1. The number of primary sulfonamides is 1. The molecule has 0 unspecified atom stereocenters. The van der Waals surface area contributed by atoms with Crippen molar-refractivity contribution >= 4 is 21.4 Å². The minimum Gasteiger partial charge on any atom is -0.467 e. The fourth-order valence-corrected chi connectivity index (χ4v) is 3.55. The lowest BCUT2D eigenvalue weighted by atomic mass is 9.98. The molecule has 0 radical (unpaired) electrons. The summed E-state index contributed by atoms with van der Waals surface area (Å²) in [6.07, 6.45) is 0.527. The van der Waals surface area contributed by atoms with Crippen LogP contribution < -0.4 is 9.88 Å². The predicted octanol–water partition coefficient (Wildman–Crippen LogP) is 0.996. The number of nitrogens with zero attached hydrogens (tertiary/aromatic N) is 1. The maximum absolute atomic E-state index is 14.2. The van der Waals surface area contributed by atoms with Crippen LogP contribution in [0.1, 0.15) is 18.5 Å². The van der Waals surface area contributed by atoms with Gasteiger partial charge in [0.05, 0.1) is 5.69 Å². The number of rotatable bonds is 4. The van der Waals surface area contributed by atoms with Crippen molar-refractivity contribution in [2.24, 2.45) is 5.14 Å². The van der Waals surface area contributed by atoms with Gasteiger partial charge in [0, 0.05) is 26.1 Å². The molecule has 0 bridgehead atoms. The van der Waals surface area contributed by atoms with Crippen LogP contribution in [0.2, 0.25) is 0 Å². The Balaban J connectivity index is 2.04. The number of hydrogen-bond donors (Lipinski definition) is 1. The molecule has 0 aromatic carbocycles. The standard InChI is InChI=1S/C10H15FN2O4S2/c1-7-8(19(12,14)15)18-9(13-7)17-6-10(11)2-4-16-5-3-10/h2-6H2,1H3,(H2,12,14,15). The first kappa shape index (κ1) is 14.6. The molecule has 2 rings (SSSR count). The van der Waals surface area contributed by atoms with Crippen LogP contribution in [-0.2, 0) is 14.8 Å². The number of ether oxygens (including phenoxy) is 2. The summed E-state index contributed by atoms with van der Waals surface area (Å²) in [6.45, 7) is 2.08. The highest BCUT2D eigenvalue weighted by Gasteiger charge is 2.34. The number of hydrogen-bond acceptors (Lipinski definition) is 6. The number of alkyl halides is 1. The zero-order chi connectivity index (χ0) is 14.1. The van der Waals surface area contributed by atoms with Gasteiger partial charge in [0.2, 0.25) is 10.0 Å². The van der Waals surface area contributed by atoms with Gasteiger partial charge in [-0.15, -0.1) is 0 Å². The first-order chi connectivity index (χ1) is 8.80. The van der Waals surface area contributed by atoms with E-state index in [0.29, 0.717) is 13.2 Å². The Morgan fingerprint density at radius 2 is 2.16 bits per heavy atom. The normalized spacial score (nSPS) is 19.3. The minimum atomic E-state index is -3.81. The van der Waals surface area contributed by atoms with Gasteiger partial charge in [-0.2, -0.15) is 0 Å². The summed E-state index contributed by atoms with van der Waals surface area (Å²) in [5.41, 5.74) is -1.18. The van der Waals surface area contributed by atoms with Crippen LogP contribution in [0.5, 0.6) is 5.19 Å². The first-order valence-corrected chi connectivity index (χ1v) is 8.06. The van der Waals surface area contributed by atoms with E-state index in [2.05, 4.69) is 4.98 Å². The number of halogens is 1. The van der Waals surface area contributed by atoms with Gasteiger partial charge in [0.25, 0.3) is 5.19 Å². The molecule has 1 aliphatic rings. The van der Waals surface area contributed by atoms with Gasteiger partial charge in [0.1, 0.15) is 12.3 Å². The highest BCUT2D eigenvalue weighted by molar-refractivity contribution is 7.91. The largest absolute Gasteiger partial charge is 0.467 e. The Labute approximate surface area is 114 Å². The Hall–Kier alpha value is -0.770. The number of nitrogens with two attached hydrogens (primary N) is 1. The Bertz CT molecular complexity index is 552. The van der Waals surface area contributed by atoms with Crippen molar-refractivity contribution in [2.75, 3.05) is 19.8 Å². The van der Waals surface area contributed by atoms with Crippen LogP contribution in [0, 0.1) is 6.92 Å². The quantitative estimate of drug-likeness (QED) is 0.895. The van der Waals surface area contributed by atoms with E-state index in [1.54, 1.807) is 0 Å². The third kappa shape index (κ3) is 3.62. The highest BCUT2D eigenvalue weighted by Crippen LogP contribution is 2.31. The van der Waals surface area contributed by atoms with Crippen molar-refractivity contribution in [3.63, 3.8) is 0 Å². The monoisotopic (exact) mass is 310 g/mol. The molecule has 6 nitrogen and oxygen atoms in total. The summed E-state index contributed by atoms with van der Waals surface area (Å²) in [7, 11) is -3.81. The lowest BCUT2D eigenvalue weighted by Crippen LogP contribution is -2.37. The van der Waals surface area contributed by atoms with E-state index in [4.69, 9.17) is 14.6 Å². The molecule has 19 heavy (non-hydrogen) atoms. The average Bonchev–Trinajstić information content (AvgIpc) is 2.69. The van der Waals surface area contributed by atoms with Crippen LogP contribution in [0.15, 0.2) is 4.21 Å². The molecule has 108 valence electrons. The van der Waals surface area contributed by atoms with Gasteiger partial charge in [-0.05, 0) is 6.92 Å². The molecule has 9 heteroatoms. The third-order valence-electron chi connectivity index (χ3n) is 2.84. The molecular formula is C10H15FN2O4S2. The van der Waals surface area contributed by atoms with Gasteiger partial charge in [-0.25, -0.2) is 22.9 Å². The molecule has 0 aliphatic carbocycles. The fourth-order valence-electron chi connectivity index (χ4n) is 1.76. The van der Waals surface area contributed by atoms with Crippen molar-refractivity contribution < 1.29 is 22.3 Å². The Kier molecular flexibility index (Phi) is 4.09. The van der Waals surface area contributed by atoms with Crippen molar-refractivity contribution in [1.29, 1.82) is 0 Å². The van der Waals surface area contributed by atoms with Gasteiger partial charge >= 0.3 is 0 Å². The SMILES string of the molecule is Cc1nc(OCC2(F)CCOCC2)sc1S(N)(=O)=O. The smallest absolute Gasteiger partial charge is 0.274 e. The summed E-state index contributed by atoms with van der Waals surface area (Å²) < 4.78 is 47.0. The van der Waals surface area contributed by atoms with Gasteiger partial charge in [0.15, 0.2) is 4.21 Å². The minimum absolute atomic E-state index is 0.0533. The zero-order valence-electron chi connectivity index (χ0n) is 10.4. The molecule has 1 aromatic rings. The van der Waals surface area contributed by atoms with E-state index in [1.807, 2.05) is 0 Å². The molecule has 0 amide bonds. The molecule has 1 aromatic heterocycles. The van der Waals surface area contributed by atoms with Gasteiger partial charge in [-0.1, -0.05) is 11.3 Å². The van der Waals surface area contributed by atoms with Crippen LogP contribution in [0.4, 0.5) is 4.39 Å². The lowest BCUT2D eigenvalue weighted by molar-refractivity contribution is -0.0324. The van der Waals surface area contributed by atoms with Gasteiger partial charge < -0.3 is 9.47 Å². The molecular weight excluding hydrogens is 295 g/mol. The first-order valence-electron chi connectivity index (χ1n) is 5.70. The zero-order valence-corrected chi connectivity index (χ0v) is 12.0. The predicted molar refractivity (Wildman–Crippen MR) is 67.6 cm³/mol. The topological polar surface area (TPSA) is 91.5 Å². The van der Waals surface area contributed by atoms with E-state index in [9.17, 15) is 12.8 Å². The van der Waals surface area contributed by atoms with Gasteiger partial charge in [-0.3, -0.25) is 0 Å². The van der Waals surface area contributed by atoms with Crippen LogP contribution in [0.3, 0.4) is 0 Å². The summed E-state index contributed by atoms with van der Waals surface area (Å²) in [5.74, 6) is 0. The third-order valence-corrected chi connectivity index (χ3v) is 5.46. The maximum atomic E-state index is 14.2. The average molecular weight is 310 g/mol. The van der Waals surface area contributed by atoms with E-state index in [-0.39, 0.29) is 34.5 Å². The van der Waals surface area contributed by atoms with E-state index in [0.717, 1.165) is 11.3 Å². The van der Waals surface area contributed by atoms with Crippen LogP contribution in [-0.4, -0.2) is 38.9 Å². The molecule has 2 N–H and O–H groups in total. The Morgan fingerprint density at radius 3 is 2.68 bits per heavy atom. The summed E-state index contributed by atoms with van der Waals surface area (Å²) in [5, 5.41) is 5.15. The van der Waals surface area contributed by atoms with Crippen LogP contribution >= 0.6 is 11.3 Å². The maximum Gasteiger partial charge on any atom is 0.274 e. The summed E-state index contributed by atoms with van der Waals surface area (Å²) >= 11 is 0.810. The number of aromatic nitrogens is 1. The lowest BCUT2D eigenvalue weighted by Gasteiger charge is -2.28. The number of sulfonamides is 1. The molecule has 1 saturated heterocycles. The van der Waals surface area contributed by atoms with Crippen molar-refractivity contribution in [3.05, 3.63) is 5.69 Å². The summed E-state index contributed by atoms with van der Waals surface area (Å²) in [6, 6.07) is 0. The molecule has 2 heterocycles. The second-order valence-electron chi connectivity index (χ2n) is 4.45. The second-order valence-corrected chi connectivity index (χ2v) is 7.17. The van der Waals surface area contributed by atoms with Crippen molar-refractivity contribution in [3.8, 4) is 5.19 Å². The molecule has 0 spiro atoms. The van der Waals surface area contributed by atoms with E-state index in [1.165, 1.54) is 6.92 Å². The summed E-state index contributed by atoms with van der Waals surface area (Å²) in [4.78, 5) is 3.93.